The van der Waals surface area contributed by atoms with Gasteiger partial charge in [0.2, 0.25) is 10.0 Å². The highest BCUT2D eigenvalue weighted by molar-refractivity contribution is 7.89. The lowest BCUT2D eigenvalue weighted by molar-refractivity contribution is 0.0745. The molecule has 0 aliphatic carbocycles. The molecule has 2 aromatic rings. The average molecular weight is 404 g/mol. The fourth-order valence-corrected chi connectivity index (χ4v) is 6.02. The number of aromatic nitrogens is 1. The lowest BCUT2D eigenvalue weighted by Gasteiger charge is -2.30. The molecule has 0 unspecified atom stereocenters. The maximum absolute atomic E-state index is 13.2. The number of fused-ring (bicyclic) bond motifs is 2. The molecule has 2 aliphatic heterocycles. The van der Waals surface area contributed by atoms with Crippen molar-refractivity contribution in [2.45, 2.75) is 36.8 Å². The zero-order chi connectivity index (χ0) is 19.9. The van der Waals surface area contributed by atoms with Crippen molar-refractivity contribution < 1.29 is 17.9 Å². The number of carbonyl (C=O) groups is 1. The molecule has 0 saturated carbocycles. The normalized spacial score (nSPS) is 24.4. The van der Waals surface area contributed by atoms with E-state index < -0.39 is 10.0 Å². The maximum Gasteiger partial charge on any atom is 0.270 e. The van der Waals surface area contributed by atoms with E-state index in [0.29, 0.717) is 43.9 Å². The Bertz CT molecular complexity index is 985. The van der Waals surface area contributed by atoms with Crippen molar-refractivity contribution in [1.29, 1.82) is 0 Å². The summed E-state index contributed by atoms with van der Waals surface area (Å²) < 4.78 is 36.0. The molecule has 2 atom stereocenters. The van der Waals surface area contributed by atoms with Gasteiger partial charge in [0.25, 0.3) is 5.91 Å². The fraction of sp³-hybridized carbons (Fsp3) is 0.450. The van der Waals surface area contributed by atoms with Gasteiger partial charge in [0.15, 0.2) is 0 Å². The summed E-state index contributed by atoms with van der Waals surface area (Å²) in [5, 5.41) is 0. The first-order chi connectivity index (χ1) is 13.4. The standard InChI is InChI=1S/C20H25N3O4S/c1-3-23-15-10-13-22(20(24)16-7-6-12-21(16)2)14-11-17(15)27-18-8-4-5-9-19(18)28(23,25)26/h4-9,12,15,17H,3,10-11,13-14H2,1-2H3/t15-,17-/m1/s1. The molecular formula is C20H25N3O4S. The SMILES string of the molecule is CCN1[C@@H]2CCN(C(=O)c3cccn3C)CC[C@H]2Oc2ccccc2S1(=O)=O. The molecule has 1 amide bonds. The van der Waals surface area contributed by atoms with Gasteiger partial charge in [-0.25, -0.2) is 8.42 Å². The van der Waals surface area contributed by atoms with Gasteiger partial charge in [0, 0.05) is 39.3 Å². The number of carbonyl (C=O) groups excluding carboxylic acids is 1. The number of rotatable bonds is 2. The number of para-hydroxylation sites is 1. The second-order valence-corrected chi connectivity index (χ2v) is 9.11. The summed E-state index contributed by atoms with van der Waals surface area (Å²) >= 11 is 0. The van der Waals surface area contributed by atoms with Crippen LogP contribution in [0.2, 0.25) is 0 Å². The maximum atomic E-state index is 13.2. The predicted molar refractivity (Wildman–Crippen MR) is 105 cm³/mol. The van der Waals surface area contributed by atoms with E-state index in [4.69, 9.17) is 4.74 Å². The Balaban J connectivity index is 1.65. The number of benzene rings is 1. The Hall–Kier alpha value is -2.32. The van der Waals surface area contributed by atoms with Crippen LogP contribution in [-0.4, -0.2) is 59.9 Å². The molecule has 2 aliphatic rings. The molecule has 0 N–H and O–H groups in total. The summed E-state index contributed by atoms with van der Waals surface area (Å²) in [7, 11) is -1.80. The second-order valence-electron chi connectivity index (χ2n) is 7.25. The minimum atomic E-state index is -3.64. The fourth-order valence-electron chi connectivity index (χ4n) is 4.21. The van der Waals surface area contributed by atoms with Gasteiger partial charge in [0.1, 0.15) is 22.4 Å². The van der Waals surface area contributed by atoms with E-state index in [9.17, 15) is 13.2 Å². The molecule has 1 aromatic carbocycles. The van der Waals surface area contributed by atoms with E-state index in [1.807, 2.05) is 26.2 Å². The van der Waals surface area contributed by atoms with Crippen LogP contribution in [0.15, 0.2) is 47.5 Å². The number of aryl methyl sites for hydroxylation is 1. The third-order valence-corrected chi connectivity index (χ3v) is 7.69. The first kappa shape index (κ1) is 19.0. The molecule has 4 rings (SSSR count). The van der Waals surface area contributed by atoms with Crippen molar-refractivity contribution in [3.05, 3.63) is 48.3 Å². The molecule has 1 aromatic heterocycles. The first-order valence-electron chi connectivity index (χ1n) is 9.61. The second kappa shape index (κ2) is 7.25. The van der Waals surface area contributed by atoms with Crippen molar-refractivity contribution >= 4 is 15.9 Å². The molecular weight excluding hydrogens is 378 g/mol. The quantitative estimate of drug-likeness (QED) is 0.770. The molecule has 8 heteroatoms. The number of nitrogens with zero attached hydrogens (tertiary/aromatic N) is 3. The number of likely N-dealkylation sites (N-methyl/N-ethyl adjacent to an activating group) is 1. The number of sulfonamides is 1. The van der Waals surface area contributed by atoms with Crippen molar-refractivity contribution in [2.75, 3.05) is 19.6 Å². The van der Waals surface area contributed by atoms with Gasteiger partial charge in [-0.05, 0) is 30.7 Å². The van der Waals surface area contributed by atoms with Crippen molar-refractivity contribution in [3.63, 3.8) is 0 Å². The topological polar surface area (TPSA) is 71.8 Å². The van der Waals surface area contributed by atoms with Gasteiger partial charge < -0.3 is 14.2 Å². The zero-order valence-corrected chi connectivity index (χ0v) is 16.9. The van der Waals surface area contributed by atoms with Gasteiger partial charge >= 0.3 is 0 Å². The molecule has 0 bridgehead atoms. The van der Waals surface area contributed by atoms with E-state index >= 15 is 0 Å². The van der Waals surface area contributed by atoms with Gasteiger partial charge in [-0.2, -0.15) is 4.31 Å². The third-order valence-electron chi connectivity index (χ3n) is 5.65. The largest absolute Gasteiger partial charge is 0.487 e. The Morgan fingerprint density at radius 1 is 1.14 bits per heavy atom. The Morgan fingerprint density at radius 3 is 2.61 bits per heavy atom. The summed E-state index contributed by atoms with van der Waals surface area (Å²) in [6.45, 7) is 3.25. The van der Waals surface area contributed by atoms with Gasteiger partial charge in [-0.1, -0.05) is 19.1 Å². The number of likely N-dealkylation sites (tertiary alicyclic amines) is 1. The van der Waals surface area contributed by atoms with Crippen LogP contribution in [0.3, 0.4) is 0 Å². The van der Waals surface area contributed by atoms with E-state index in [1.54, 1.807) is 44.1 Å². The molecule has 150 valence electrons. The monoisotopic (exact) mass is 403 g/mol. The first-order valence-corrected chi connectivity index (χ1v) is 11.1. The van der Waals surface area contributed by atoms with Gasteiger partial charge in [-0.15, -0.1) is 0 Å². The molecule has 28 heavy (non-hydrogen) atoms. The summed E-state index contributed by atoms with van der Waals surface area (Å²) in [6.07, 6.45) is 2.69. The zero-order valence-electron chi connectivity index (χ0n) is 16.1. The van der Waals surface area contributed by atoms with Crippen LogP contribution in [0.25, 0.3) is 0 Å². The molecule has 0 spiro atoms. The van der Waals surface area contributed by atoms with Crippen molar-refractivity contribution in [1.82, 2.24) is 13.8 Å². The highest BCUT2D eigenvalue weighted by Gasteiger charge is 2.43. The van der Waals surface area contributed by atoms with Crippen LogP contribution in [-0.2, 0) is 17.1 Å². The number of hydrogen-bond donors (Lipinski definition) is 0. The summed E-state index contributed by atoms with van der Waals surface area (Å²) in [5.74, 6) is 0.367. The average Bonchev–Trinajstić information content (AvgIpc) is 2.96. The molecule has 1 fully saturated rings. The lowest BCUT2D eigenvalue weighted by Crippen LogP contribution is -2.47. The lowest BCUT2D eigenvalue weighted by atomic mass is 10.1. The predicted octanol–water partition coefficient (Wildman–Crippen LogP) is 2.10. The molecule has 0 radical (unpaired) electrons. The van der Waals surface area contributed by atoms with Gasteiger partial charge in [0.05, 0.1) is 6.04 Å². The summed E-state index contributed by atoms with van der Waals surface area (Å²) in [6, 6.07) is 10.2. The Labute approximate surface area is 165 Å². The summed E-state index contributed by atoms with van der Waals surface area (Å²) in [4.78, 5) is 14.9. The number of ether oxygens (including phenoxy) is 1. The van der Waals surface area contributed by atoms with Crippen LogP contribution in [0.4, 0.5) is 0 Å². The minimum Gasteiger partial charge on any atom is -0.487 e. The van der Waals surface area contributed by atoms with Crippen LogP contribution >= 0.6 is 0 Å². The Kier molecular flexibility index (Phi) is 4.93. The van der Waals surface area contributed by atoms with E-state index in [-0.39, 0.29) is 22.9 Å². The Morgan fingerprint density at radius 2 is 1.89 bits per heavy atom. The molecule has 1 saturated heterocycles. The van der Waals surface area contributed by atoms with E-state index in [1.165, 1.54) is 0 Å². The molecule has 3 heterocycles. The highest BCUT2D eigenvalue weighted by atomic mass is 32.2. The third kappa shape index (κ3) is 3.10. The van der Waals surface area contributed by atoms with Crippen LogP contribution in [0.5, 0.6) is 5.75 Å². The van der Waals surface area contributed by atoms with E-state index in [2.05, 4.69) is 0 Å². The van der Waals surface area contributed by atoms with Crippen LogP contribution in [0, 0.1) is 0 Å². The minimum absolute atomic E-state index is 0.0322. The van der Waals surface area contributed by atoms with Crippen LogP contribution in [0.1, 0.15) is 30.3 Å². The van der Waals surface area contributed by atoms with E-state index in [0.717, 1.165) is 0 Å². The smallest absolute Gasteiger partial charge is 0.270 e. The summed E-state index contributed by atoms with van der Waals surface area (Å²) in [5.41, 5.74) is 0.633. The van der Waals surface area contributed by atoms with Crippen molar-refractivity contribution in [3.8, 4) is 5.75 Å². The van der Waals surface area contributed by atoms with Crippen molar-refractivity contribution in [2.24, 2.45) is 7.05 Å². The highest BCUT2D eigenvalue weighted by Crippen LogP contribution is 2.36. The molecule has 7 nitrogen and oxygen atoms in total. The van der Waals surface area contributed by atoms with Crippen LogP contribution < -0.4 is 4.74 Å². The van der Waals surface area contributed by atoms with Gasteiger partial charge in [-0.3, -0.25) is 4.79 Å². The number of hydrogen-bond acceptors (Lipinski definition) is 4. The number of amides is 1.